The van der Waals surface area contributed by atoms with Crippen molar-refractivity contribution in [3.63, 3.8) is 0 Å². The summed E-state index contributed by atoms with van der Waals surface area (Å²) >= 11 is 0. The Hall–Kier alpha value is -1.02. The van der Waals surface area contributed by atoms with Crippen LogP contribution >= 0.6 is 0 Å². The lowest BCUT2D eigenvalue weighted by Crippen LogP contribution is -2.23. The largest absolute Gasteiger partial charge is 0.493 e. The summed E-state index contributed by atoms with van der Waals surface area (Å²) in [6, 6.07) is 8.39. The highest BCUT2D eigenvalue weighted by Gasteiger charge is 2.43. The van der Waals surface area contributed by atoms with E-state index in [1.165, 1.54) is 18.4 Å². The lowest BCUT2D eigenvalue weighted by molar-refractivity contribution is 0.200. The summed E-state index contributed by atoms with van der Waals surface area (Å²) in [5.41, 5.74) is 7.06. The second-order valence-corrected chi connectivity index (χ2v) is 4.78. The quantitative estimate of drug-likeness (QED) is 0.796. The molecule has 0 aromatic heterocycles. The third kappa shape index (κ3) is 1.63. The Morgan fingerprint density at radius 2 is 2.20 bits per heavy atom. The number of hydrogen-bond donors (Lipinski definition) is 1. The zero-order chi connectivity index (χ0) is 10.3. The summed E-state index contributed by atoms with van der Waals surface area (Å²) in [4.78, 5) is 0. The van der Waals surface area contributed by atoms with Gasteiger partial charge in [0.25, 0.3) is 0 Å². The highest BCUT2D eigenvalue weighted by Crippen LogP contribution is 2.46. The molecule has 0 radical (unpaired) electrons. The molecule has 3 unspecified atom stereocenters. The number of rotatable bonds is 2. The third-order valence-corrected chi connectivity index (χ3v) is 3.79. The van der Waals surface area contributed by atoms with E-state index in [9.17, 15) is 0 Å². The Balaban J connectivity index is 1.73. The van der Waals surface area contributed by atoms with Gasteiger partial charge in [0.1, 0.15) is 5.75 Å². The number of hydrogen-bond acceptors (Lipinski definition) is 2. The first-order valence-electron chi connectivity index (χ1n) is 5.79. The molecular formula is C13H17NO. The second-order valence-electron chi connectivity index (χ2n) is 4.78. The van der Waals surface area contributed by atoms with Crippen LogP contribution in [-0.2, 0) is 6.42 Å². The van der Waals surface area contributed by atoms with Crippen LogP contribution in [0, 0.1) is 17.8 Å². The van der Waals surface area contributed by atoms with Gasteiger partial charge in [0, 0.05) is 5.92 Å². The van der Waals surface area contributed by atoms with Gasteiger partial charge in [-0.05, 0) is 42.9 Å². The van der Waals surface area contributed by atoms with Crippen molar-refractivity contribution < 1.29 is 4.74 Å². The number of benzene rings is 1. The lowest BCUT2D eigenvalue weighted by atomic mass is 9.92. The number of fused-ring (bicyclic) bond motifs is 1. The summed E-state index contributed by atoms with van der Waals surface area (Å²) in [5.74, 6) is 3.37. The second kappa shape index (κ2) is 3.53. The van der Waals surface area contributed by atoms with Gasteiger partial charge in [-0.3, -0.25) is 0 Å². The Morgan fingerprint density at radius 1 is 1.33 bits per heavy atom. The van der Waals surface area contributed by atoms with Gasteiger partial charge in [-0.2, -0.15) is 0 Å². The van der Waals surface area contributed by atoms with Gasteiger partial charge in [0.15, 0.2) is 0 Å². The van der Waals surface area contributed by atoms with Gasteiger partial charge < -0.3 is 10.5 Å². The first-order valence-corrected chi connectivity index (χ1v) is 5.79. The maximum atomic E-state index is 5.79. The van der Waals surface area contributed by atoms with E-state index in [1.54, 1.807) is 0 Å². The van der Waals surface area contributed by atoms with Gasteiger partial charge in [-0.1, -0.05) is 18.2 Å². The molecule has 15 heavy (non-hydrogen) atoms. The fourth-order valence-corrected chi connectivity index (χ4v) is 2.75. The van der Waals surface area contributed by atoms with Crippen molar-refractivity contribution in [2.75, 3.05) is 13.2 Å². The molecule has 2 N–H and O–H groups in total. The van der Waals surface area contributed by atoms with Gasteiger partial charge >= 0.3 is 0 Å². The molecule has 1 aromatic rings. The van der Waals surface area contributed by atoms with Gasteiger partial charge in [0.2, 0.25) is 0 Å². The highest BCUT2D eigenvalue weighted by molar-refractivity contribution is 5.35. The van der Waals surface area contributed by atoms with Crippen LogP contribution in [0.5, 0.6) is 5.75 Å². The van der Waals surface area contributed by atoms with Crippen molar-refractivity contribution in [2.45, 2.75) is 12.8 Å². The van der Waals surface area contributed by atoms with E-state index in [4.69, 9.17) is 10.5 Å². The lowest BCUT2D eigenvalue weighted by Gasteiger charge is -2.25. The molecule has 2 heteroatoms. The standard InChI is InChI=1S/C13H17NO/c14-7-10-6-12(10)11-5-9-3-1-2-4-13(9)15-8-11/h1-4,10-12H,5-8,14H2. The van der Waals surface area contributed by atoms with Crippen LogP contribution in [0.2, 0.25) is 0 Å². The Labute approximate surface area is 90.4 Å². The van der Waals surface area contributed by atoms with Gasteiger partial charge in [0.05, 0.1) is 6.61 Å². The molecular weight excluding hydrogens is 186 g/mol. The van der Waals surface area contributed by atoms with Crippen molar-refractivity contribution in [3.05, 3.63) is 29.8 Å². The van der Waals surface area contributed by atoms with E-state index in [-0.39, 0.29) is 0 Å². The molecule has 1 aliphatic heterocycles. The maximum absolute atomic E-state index is 5.79. The fourth-order valence-electron chi connectivity index (χ4n) is 2.75. The molecule has 1 heterocycles. The van der Waals surface area contributed by atoms with Crippen LogP contribution in [0.25, 0.3) is 0 Å². The third-order valence-electron chi connectivity index (χ3n) is 3.79. The number of ether oxygens (including phenoxy) is 1. The van der Waals surface area contributed by atoms with Crippen LogP contribution < -0.4 is 10.5 Å². The van der Waals surface area contributed by atoms with Crippen LogP contribution in [-0.4, -0.2) is 13.2 Å². The van der Waals surface area contributed by atoms with Gasteiger partial charge in [-0.15, -0.1) is 0 Å². The smallest absolute Gasteiger partial charge is 0.122 e. The normalized spacial score (nSPS) is 33.0. The molecule has 1 saturated carbocycles. The molecule has 0 amide bonds. The van der Waals surface area contributed by atoms with Crippen molar-refractivity contribution in [2.24, 2.45) is 23.5 Å². The molecule has 3 rings (SSSR count). The van der Waals surface area contributed by atoms with E-state index in [0.717, 1.165) is 30.7 Å². The van der Waals surface area contributed by atoms with Crippen LogP contribution in [0.3, 0.4) is 0 Å². The molecule has 2 aliphatic rings. The van der Waals surface area contributed by atoms with Crippen LogP contribution in [0.1, 0.15) is 12.0 Å². The SMILES string of the molecule is NCC1CC1C1COc2ccccc2C1. The molecule has 3 atom stereocenters. The van der Waals surface area contributed by atoms with E-state index >= 15 is 0 Å². The Kier molecular flexibility index (Phi) is 2.17. The Bertz CT molecular complexity index is 363. The van der Waals surface area contributed by atoms with Gasteiger partial charge in [-0.25, -0.2) is 0 Å². The zero-order valence-electron chi connectivity index (χ0n) is 8.86. The molecule has 0 spiro atoms. The molecule has 1 aromatic carbocycles. The van der Waals surface area contributed by atoms with Crippen LogP contribution in [0.4, 0.5) is 0 Å². The number of para-hydroxylation sites is 1. The fraction of sp³-hybridized carbons (Fsp3) is 0.538. The molecule has 1 fully saturated rings. The highest BCUT2D eigenvalue weighted by atomic mass is 16.5. The predicted molar refractivity (Wildman–Crippen MR) is 59.8 cm³/mol. The summed E-state index contributed by atoms with van der Waals surface area (Å²) in [7, 11) is 0. The Morgan fingerprint density at radius 3 is 3.00 bits per heavy atom. The monoisotopic (exact) mass is 203 g/mol. The van der Waals surface area contributed by atoms with Crippen molar-refractivity contribution >= 4 is 0 Å². The number of nitrogens with two attached hydrogens (primary N) is 1. The average Bonchev–Trinajstić information content (AvgIpc) is 3.08. The summed E-state index contributed by atoms with van der Waals surface area (Å²) in [6.07, 6.45) is 2.49. The summed E-state index contributed by atoms with van der Waals surface area (Å²) in [5, 5.41) is 0. The minimum Gasteiger partial charge on any atom is -0.493 e. The van der Waals surface area contributed by atoms with E-state index in [1.807, 2.05) is 6.07 Å². The van der Waals surface area contributed by atoms with E-state index < -0.39 is 0 Å². The van der Waals surface area contributed by atoms with Crippen molar-refractivity contribution in [1.29, 1.82) is 0 Å². The molecule has 2 nitrogen and oxygen atoms in total. The molecule has 0 bridgehead atoms. The summed E-state index contributed by atoms with van der Waals surface area (Å²) in [6.45, 7) is 1.74. The van der Waals surface area contributed by atoms with Crippen LogP contribution in [0.15, 0.2) is 24.3 Å². The first kappa shape index (κ1) is 9.22. The minimum atomic E-state index is 0.702. The van der Waals surface area contributed by atoms with Crippen molar-refractivity contribution in [1.82, 2.24) is 0 Å². The van der Waals surface area contributed by atoms with Crippen molar-refractivity contribution in [3.8, 4) is 5.75 Å². The zero-order valence-corrected chi connectivity index (χ0v) is 8.86. The predicted octanol–water partition coefficient (Wildman–Crippen LogP) is 1.83. The minimum absolute atomic E-state index is 0.702. The van der Waals surface area contributed by atoms with E-state index in [2.05, 4.69) is 18.2 Å². The topological polar surface area (TPSA) is 35.2 Å². The first-order chi connectivity index (χ1) is 7.38. The maximum Gasteiger partial charge on any atom is 0.122 e. The molecule has 0 saturated heterocycles. The average molecular weight is 203 g/mol. The molecule has 1 aliphatic carbocycles. The molecule has 80 valence electrons. The summed E-state index contributed by atoms with van der Waals surface area (Å²) < 4.78 is 5.79. The van der Waals surface area contributed by atoms with E-state index in [0.29, 0.717) is 5.92 Å².